The molecule has 136 valence electrons. The molecule has 0 bridgehead atoms. The van der Waals surface area contributed by atoms with E-state index >= 15 is 0 Å². The fraction of sp³-hybridized carbons (Fsp3) is 0.333. The van der Waals surface area contributed by atoms with Crippen LogP contribution < -0.4 is 5.56 Å². The normalized spacial score (nSPS) is 12.3. The van der Waals surface area contributed by atoms with Gasteiger partial charge in [-0.1, -0.05) is 32.0 Å². The van der Waals surface area contributed by atoms with Gasteiger partial charge < -0.3 is 5.11 Å². The van der Waals surface area contributed by atoms with Gasteiger partial charge in [0, 0.05) is 22.7 Å². The molecule has 0 fully saturated rings. The number of rotatable bonds is 6. The van der Waals surface area contributed by atoms with Crippen LogP contribution in [-0.4, -0.2) is 14.7 Å². The highest BCUT2D eigenvalue weighted by Gasteiger charge is 2.20. The first-order valence-corrected chi connectivity index (χ1v) is 9.83. The molecule has 3 aromatic rings. The van der Waals surface area contributed by atoms with Crippen molar-refractivity contribution >= 4 is 11.3 Å². The molecule has 2 aromatic heterocycles. The second-order valence-electron chi connectivity index (χ2n) is 6.55. The van der Waals surface area contributed by atoms with Gasteiger partial charge in [-0.2, -0.15) is 0 Å². The summed E-state index contributed by atoms with van der Waals surface area (Å²) in [5.74, 6) is 0.829. The van der Waals surface area contributed by atoms with Crippen LogP contribution in [0.1, 0.15) is 42.3 Å². The summed E-state index contributed by atoms with van der Waals surface area (Å²) in [7, 11) is 0. The fourth-order valence-electron chi connectivity index (χ4n) is 3.20. The van der Waals surface area contributed by atoms with Gasteiger partial charge in [0.25, 0.3) is 5.56 Å². The smallest absolute Gasteiger partial charge is 0.257 e. The molecule has 4 nitrogen and oxygen atoms in total. The van der Waals surface area contributed by atoms with Crippen LogP contribution in [0.2, 0.25) is 0 Å². The second kappa shape index (κ2) is 7.87. The zero-order chi connectivity index (χ0) is 18.7. The first-order valence-electron chi connectivity index (χ1n) is 8.95. The summed E-state index contributed by atoms with van der Waals surface area (Å²) < 4.78 is 1.73. The lowest BCUT2D eigenvalue weighted by Gasteiger charge is -2.19. The maximum absolute atomic E-state index is 13.3. The summed E-state index contributed by atoms with van der Waals surface area (Å²) in [6.07, 6.45) is 1.65. The Balaban J connectivity index is 2.16. The number of para-hydroxylation sites is 1. The summed E-state index contributed by atoms with van der Waals surface area (Å²) >= 11 is 1.69. The Kier molecular flexibility index (Phi) is 5.57. The topological polar surface area (TPSA) is 55.1 Å². The maximum atomic E-state index is 13.3. The third-order valence-corrected chi connectivity index (χ3v) is 5.74. The number of thiophene rings is 1. The molecule has 0 aliphatic rings. The van der Waals surface area contributed by atoms with Crippen LogP contribution in [0.25, 0.3) is 11.4 Å². The minimum absolute atomic E-state index is 0.00154. The van der Waals surface area contributed by atoms with E-state index in [1.54, 1.807) is 34.1 Å². The first-order chi connectivity index (χ1) is 12.5. The summed E-state index contributed by atoms with van der Waals surface area (Å²) in [4.78, 5) is 19.3. The van der Waals surface area contributed by atoms with Gasteiger partial charge in [-0.3, -0.25) is 9.36 Å². The standard InChI is InChI=1S/C21H24N2O2S/c1-4-14(2)19-15(3)22-20(17-9-5-6-10-18(17)24)23(21(19)25)12-11-16-8-7-13-26-16/h5-10,13-14,24H,4,11-12H2,1-3H3. The highest BCUT2D eigenvalue weighted by atomic mass is 32.1. The molecule has 0 aliphatic carbocycles. The zero-order valence-electron chi connectivity index (χ0n) is 15.4. The summed E-state index contributed by atoms with van der Waals surface area (Å²) in [6, 6.07) is 11.2. The lowest BCUT2D eigenvalue weighted by Crippen LogP contribution is -2.29. The molecule has 1 atom stereocenters. The molecular formula is C21H24N2O2S. The van der Waals surface area contributed by atoms with Crippen molar-refractivity contribution in [1.29, 1.82) is 0 Å². The molecule has 0 saturated heterocycles. The molecule has 0 aliphatic heterocycles. The Bertz CT molecular complexity index is 945. The number of benzene rings is 1. The third kappa shape index (κ3) is 3.58. The minimum Gasteiger partial charge on any atom is -0.507 e. The van der Waals surface area contributed by atoms with Crippen LogP contribution in [0.3, 0.4) is 0 Å². The molecule has 0 radical (unpaired) electrons. The SMILES string of the molecule is CCC(C)c1c(C)nc(-c2ccccc2O)n(CCc2cccs2)c1=O. The first kappa shape index (κ1) is 18.4. The van der Waals surface area contributed by atoms with Gasteiger partial charge in [0.1, 0.15) is 11.6 Å². The van der Waals surface area contributed by atoms with Crippen LogP contribution in [0.4, 0.5) is 0 Å². The van der Waals surface area contributed by atoms with E-state index in [-0.39, 0.29) is 17.2 Å². The number of hydrogen-bond donors (Lipinski definition) is 1. The number of hydrogen-bond acceptors (Lipinski definition) is 4. The molecule has 1 N–H and O–H groups in total. The van der Waals surface area contributed by atoms with Gasteiger partial charge in [-0.15, -0.1) is 11.3 Å². The number of phenolic OH excluding ortho intramolecular Hbond substituents is 1. The van der Waals surface area contributed by atoms with E-state index in [1.807, 2.05) is 24.4 Å². The number of phenols is 1. The van der Waals surface area contributed by atoms with E-state index in [0.717, 1.165) is 24.1 Å². The molecule has 26 heavy (non-hydrogen) atoms. The van der Waals surface area contributed by atoms with Gasteiger partial charge in [-0.05, 0) is 49.3 Å². The Labute approximate surface area is 157 Å². The van der Waals surface area contributed by atoms with E-state index in [9.17, 15) is 9.90 Å². The molecule has 0 saturated carbocycles. The number of aryl methyl sites for hydroxylation is 2. The molecule has 2 heterocycles. The van der Waals surface area contributed by atoms with E-state index < -0.39 is 0 Å². The third-order valence-electron chi connectivity index (χ3n) is 4.81. The number of nitrogens with zero attached hydrogens (tertiary/aromatic N) is 2. The van der Waals surface area contributed by atoms with Gasteiger partial charge >= 0.3 is 0 Å². The predicted molar refractivity (Wildman–Crippen MR) is 107 cm³/mol. The van der Waals surface area contributed by atoms with Crippen molar-refractivity contribution in [2.24, 2.45) is 0 Å². The van der Waals surface area contributed by atoms with E-state index in [1.165, 1.54) is 4.88 Å². The second-order valence-corrected chi connectivity index (χ2v) is 7.58. The van der Waals surface area contributed by atoms with Crippen LogP contribution in [0.15, 0.2) is 46.6 Å². The molecule has 3 rings (SSSR count). The van der Waals surface area contributed by atoms with Crippen molar-refractivity contribution in [1.82, 2.24) is 9.55 Å². The van der Waals surface area contributed by atoms with Crippen LogP contribution >= 0.6 is 11.3 Å². The van der Waals surface area contributed by atoms with Crippen molar-refractivity contribution in [2.45, 2.75) is 46.1 Å². The summed E-state index contributed by atoms with van der Waals surface area (Å²) in [5.41, 5.74) is 2.11. The maximum Gasteiger partial charge on any atom is 0.257 e. The Morgan fingerprint density at radius 3 is 2.65 bits per heavy atom. The average Bonchev–Trinajstić information content (AvgIpc) is 3.14. The highest BCUT2D eigenvalue weighted by molar-refractivity contribution is 7.09. The summed E-state index contributed by atoms with van der Waals surface area (Å²) in [5, 5.41) is 12.3. The van der Waals surface area contributed by atoms with Crippen molar-refractivity contribution in [3.8, 4) is 17.1 Å². The lowest BCUT2D eigenvalue weighted by molar-refractivity contribution is 0.476. The Morgan fingerprint density at radius 2 is 2.00 bits per heavy atom. The molecule has 1 unspecified atom stereocenters. The summed E-state index contributed by atoms with van der Waals surface area (Å²) in [6.45, 7) is 6.57. The highest BCUT2D eigenvalue weighted by Crippen LogP contribution is 2.28. The zero-order valence-corrected chi connectivity index (χ0v) is 16.2. The molecule has 1 aromatic carbocycles. The minimum atomic E-state index is 0.00154. The van der Waals surface area contributed by atoms with Crippen molar-refractivity contribution in [2.75, 3.05) is 0 Å². The fourth-order valence-corrected chi connectivity index (χ4v) is 3.90. The number of aromatic nitrogens is 2. The lowest BCUT2D eigenvalue weighted by atomic mass is 9.98. The van der Waals surface area contributed by atoms with E-state index in [4.69, 9.17) is 4.98 Å². The van der Waals surface area contributed by atoms with Gasteiger partial charge in [0.2, 0.25) is 0 Å². The van der Waals surface area contributed by atoms with Crippen LogP contribution in [0.5, 0.6) is 5.75 Å². The van der Waals surface area contributed by atoms with E-state index in [2.05, 4.69) is 19.9 Å². The van der Waals surface area contributed by atoms with Crippen LogP contribution in [-0.2, 0) is 13.0 Å². The molecule has 5 heteroatoms. The molecule has 0 amide bonds. The largest absolute Gasteiger partial charge is 0.507 e. The van der Waals surface area contributed by atoms with Crippen molar-refractivity contribution in [3.05, 3.63) is 68.3 Å². The van der Waals surface area contributed by atoms with Crippen molar-refractivity contribution in [3.63, 3.8) is 0 Å². The van der Waals surface area contributed by atoms with Gasteiger partial charge in [-0.25, -0.2) is 4.98 Å². The molecular weight excluding hydrogens is 344 g/mol. The Hall–Kier alpha value is -2.40. The van der Waals surface area contributed by atoms with Crippen molar-refractivity contribution < 1.29 is 5.11 Å². The predicted octanol–water partition coefficient (Wildman–Crippen LogP) is 4.74. The quantitative estimate of drug-likeness (QED) is 0.683. The monoisotopic (exact) mass is 368 g/mol. The number of aromatic hydroxyl groups is 1. The average molecular weight is 369 g/mol. The van der Waals surface area contributed by atoms with E-state index in [0.29, 0.717) is 17.9 Å². The van der Waals surface area contributed by atoms with Gasteiger partial charge in [0.05, 0.1) is 5.56 Å². The molecule has 0 spiro atoms. The van der Waals surface area contributed by atoms with Gasteiger partial charge in [0.15, 0.2) is 0 Å². The van der Waals surface area contributed by atoms with Crippen LogP contribution in [0, 0.1) is 6.92 Å². The Morgan fingerprint density at radius 1 is 1.23 bits per heavy atom.